The van der Waals surface area contributed by atoms with Gasteiger partial charge < -0.3 is 9.64 Å². The molecule has 3 heteroatoms. The standard InChI is InChI=1S/C16H23NO2/c1-12-8-10-15(11-9-12)19-13(2)16(18)17(3)14-6-4-5-7-14/h8-11,13-14H,4-7H2,1-3H3/t13-/m1/s1. The van der Waals surface area contributed by atoms with Crippen LogP contribution >= 0.6 is 0 Å². The molecule has 0 N–H and O–H groups in total. The van der Waals surface area contributed by atoms with Crippen molar-refractivity contribution in [3.05, 3.63) is 29.8 Å². The summed E-state index contributed by atoms with van der Waals surface area (Å²) in [4.78, 5) is 14.2. The van der Waals surface area contributed by atoms with Crippen LogP contribution in [-0.2, 0) is 4.79 Å². The highest BCUT2D eigenvalue weighted by Gasteiger charge is 2.27. The number of likely N-dealkylation sites (N-methyl/N-ethyl adjacent to an activating group) is 1. The summed E-state index contributed by atoms with van der Waals surface area (Å²) >= 11 is 0. The summed E-state index contributed by atoms with van der Waals surface area (Å²) in [7, 11) is 1.90. The van der Waals surface area contributed by atoms with Crippen molar-refractivity contribution in [3.8, 4) is 5.75 Å². The van der Waals surface area contributed by atoms with Gasteiger partial charge in [0.05, 0.1) is 0 Å². The van der Waals surface area contributed by atoms with E-state index in [2.05, 4.69) is 0 Å². The van der Waals surface area contributed by atoms with Crippen molar-refractivity contribution >= 4 is 5.91 Å². The Labute approximate surface area is 115 Å². The minimum atomic E-state index is -0.423. The van der Waals surface area contributed by atoms with Gasteiger partial charge in [-0.15, -0.1) is 0 Å². The van der Waals surface area contributed by atoms with Gasteiger partial charge in [-0.2, -0.15) is 0 Å². The lowest BCUT2D eigenvalue weighted by molar-refractivity contribution is -0.138. The van der Waals surface area contributed by atoms with Gasteiger partial charge in [0, 0.05) is 13.1 Å². The van der Waals surface area contributed by atoms with Gasteiger partial charge in [0.1, 0.15) is 5.75 Å². The van der Waals surface area contributed by atoms with Crippen molar-refractivity contribution in [2.45, 2.75) is 51.7 Å². The van der Waals surface area contributed by atoms with Crippen molar-refractivity contribution in [2.75, 3.05) is 7.05 Å². The molecular formula is C16H23NO2. The van der Waals surface area contributed by atoms with Gasteiger partial charge in [0.15, 0.2) is 6.10 Å². The van der Waals surface area contributed by atoms with Gasteiger partial charge in [0.2, 0.25) is 0 Å². The molecule has 1 aliphatic rings. The lowest BCUT2D eigenvalue weighted by Crippen LogP contribution is -2.42. The first kappa shape index (κ1) is 13.9. The van der Waals surface area contributed by atoms with Crippen LogP contribution in [0.3, 0.4) is 0 Å². The van der Waals surface area contributed by atoms with Crippen LogP contribution in [0.2, 0.25) is 0 Å². The predicted octanol–water partition coefficient (Wildman–Crippen LogP) is 3.16. The molecule has 0 aliphatic heterocycles. The molecule has 1 aromatic rings. The van der Waals surface area contributed by atoms with Gasteiger partial charge in [-0.3, -0.25) is 4.79 Å². The molecule has 0 saturated heterocycles. The second kappa shape index (κ2) is 6.09. The monoisotopic (exact) mass is 261 g/mol. The van der Waals surface area contributed by atoms with Crippen molar-refractivity contribution in [2.24, 2.45) is 0 Å². The average molecular weight is 261 g/mol. The zero-order chi connectivity index (χ0) is 13.8. The Hall–Kier alpha value is -1.51. The van der Waals surface area contributed by atoms with E-state index in [0.717, 1.165) is 18.6 Å². The maximum absolute atomic E-state index is 12.3. The summed E-state index contributed by atoms with van der Waals surface area (Å²) in [6.07, 6.45) is 4.29. The van der Waals surface area contributed by atoms with Crippen LogP contribution < -0.4 is 4.74 Å². The average Bonchev–Trinajstić information content (AvgIpc) is 2.93. The minimum Gasteiger partial charge on any atom is -0.481 e. The molecule has 1 aromatic carbocycles. The quantitative estimate of drug-likeness (QED) is 0.833. The van der Waals surface area contributed by atoms with E-state index in [4.69, 9.17) is 4.74 Å². The highest BCUT2D eigenvalue weighted by molar-refractivity contribution is 5.81. The van der Waals surface area contributed by atoms with E-state index in [1.165, 1.54) is 18.4 Å². The fourth-order valence-corrected chi connectivity index (χ4v) is 2.63. The molecule has 104 valence electrons. The Bertz CT molecular complexity index is 421. The summed E-state index contributed by atoms with van der Waals surface area (Å²) in [6.45, 7) is 3.86. The summed E-state index contributed by atoms with van der Waals surface area (Å²) in [5.41, 5.74) is 1.19. The summed E-state index contributed by atoms with van der Waals surface area (Å²) < 4.78 is 5.72. The lowest BCUT2D eigenvalue weighted by Gasteiger charge is -2.27. The van der Waals surface area contributed by atoms with Crippen LogP contribution in [0, 0.1) is 6.92 Å². The second-order valence-electron chi connectivity index (χ2n) is 5.46. The number of amides is 1. The molecule has 0 unspecified atom stereocenters. The number of hydrogen-bond donors (Lipinski definition) is 0. The highest BCUT2D eigenvalue weighted by Crippen LogP contribution is 2.23. The normalized spacial score (nSPS) is 17.2. The van der Waals surface area contributed by atoms with Gasteiger partial charge in [-0.25, -0.2) is 0 Å². The number of rotatable bonds is 4. The molecule has 1 aliphatic carbocycles. The SMILES string of the molecule is Cc1ccc(O[C@H](C)C(=O)N(C)C2CCCC2)cc1. The Morgan fingerprint density at radius 1 is 1.26 bits per heavy atom. The van der Waals surface area contributed by atoms with E-state index in [0.29, 0.717) is 6.04 Å². The molecule has 3 nitrogen and oxygen atoms in total. The molecule has 0 radical (unpaired) electrons. The molecule has 0 heterocycles. The van der Waals surface area contributed by atoms with Crippen LogP contribution in [0.15, 0.2) is 24.3 Å². The fraction of sp³-hybridized carbons (Fsp3) is 0.562. The summed E-state index contributed by atoms with van der Waals surface area (Å²) in [5.74, 6) is 0.832. The van der Waals surface area contributed by atoms with Gasteiger partial charge in [-0.05, 0) is 38.8 Å². The molecule has 19 heavy (non-hydrogen) atoms. The Morgan fingerprint density at radius 2 is 1.84 bits per heavy atom. The van der Waals surface area contributed by atoms with Gasteiger partial charge >= 0.3 is 0 Å². The number of ether oxygens (including phenoxy) is 1. The molecular weight excluding hydrogens is 238 g/mol. The zero-order valence-corrected chi connectivity index (χ0v) is 12.1. The van der Waals surface area contributed by atoms with Crippen LogP contribution in [0.25, 0.3) is 0 Å². The van der Waals surface area contributed by atoms with Crippen molar-refractivity contribution < 1.29 is 9.53 Å². The van der Waals surface area contributed by atoms with E-state index < -0.39 is 6.10 Å². The third-order valence-electron chi connectivity index (χ3n) is 3.90. The molecule has 2 rings (SSSR count). The number of carbonyl (C=O) groups is 1. The zero-order valence-electron chi connectivity index (χ0n) is 12.1. The van der Waals surface area contributed by atoms with Crippen molar-refractivity contribution in [1.82, 2.24) is 4.90 Å². The summed E-state index contributed by atoms with van der Waals surface area (Å²) in [6, 6.07) is 8.21. The lowest BCUT2D eigenvalue weighted by atomic mass is 10.2. The third kappa shape index (κ3) is 3.49. The number of carbonyl (C=O) groups excluding carboxylic acids is 1. The van der Waals surface area contributed by atoms with Crippen molar-refractivity contribution in [1.29, 1.82) is 0 Å². The molecule has 1 saturated carbocycles. The highest BCUT2D eigenvalue weighted by atomic mass is 16.5. The predicted molar refractivity (Wildman–Crippen MR) is 76.3 cm³/mol. The van der Waals surface area contributed by atoms with Gasteiger partial charge in [-0.1, -0.05) is 30.5 Å². The van der Waals surface area contributed by atoms with Crippen LogP contribution in [-0.4, -0.2) is 30.0 Å². The molecule has 0 spiro atoms. The van der Waals surface area contributed by atoms with E-state index in [9.17, 15) is 4.79 Å². The topological polar surface area (TPSA) is 29.5 Å². The van der Waals surface area contributed by atoms with Crippen LogP contribution in [0.4, 0.5) is 0 Å². The Morgan fingerprint density at radius 3 is 2.42 bits per heavy atom. The molecule has 1 atom stereocenters. The molecule has 0 bridgehead atoms. The largest absolute Gasteiger partial charge is 0.481 e. The molecule has 0 aromatic heterocycles. The van der Waals surface area contributed by atoms with Crippen molar-refractivity contribution in [3.63, 3.8) is 0 Å². The number of aryl methyl sites for hydroxylation is 1. The van der Waals surface area contributed by atoms with Crippen LogP contribution in [0.1, 0.15) is 38.2 Å². The fourth-order valence-electron chi connectivity index (χ4n) is 2.63. The van der Waals surface area contributed by atoms with Gasteiger partial charge in [0.25, 0.3) is 5.91 Å². The maximum Gasteiger partial charge on any atom is 0.263 e. The number of hydrogen-bond acceptors (Lipinski definition) is 2. The van der Waals surface area contributed by atoms with E-state index in [-0.39, 0.29) is 5.91 Å². The Balaban J connectivity index is 1.93. The van der Waals surface area contributed by atoms with Crippen LogP contribution in [0.5, 0.6) is 5.75 Å². The van der Waals surface area contributed by atoms with E-state index in [1.807, 2.05) is 50.1 Å². The number of benzene rings is 1. The Kier molecular flexibility index (Phi) is 4.46. The first-order valence-corrected chi connectivity index (χ1v) is 7.08. The third-order valence-corrected chi connectivity index (χ3v) is 3.90. The molecule has 1 amide bonds. The minimum absolute atomic E-state index is 0.0764. The molecule has 1 fully saturated rings. The maximum atomic E-state index is 12.3. The second-order valence-corrected chi connectivity index (χ2v) is 5.46. The van der Waals surface area contributed by atoms with E-state index >= 15 is 0 Å². The number of nitrogens with zero attached hydrogens (tertiary/aromatic N) is 1. The van der Waals surface area contributed by atoms with E-state index in [1.54, 1.807) is 0 Å². The first-order valence-electron chi connectivity index (χ1n) is 7.08. The first-order chi connectivity index (χ1) is 9.08. The summed E-state index contributed by atoms with van der Waals surface area (Å²) in [5, 5.41) is 0. The smallest absolute Gasteiger partial charge is 0.263 e.